The fraction of sp³-hybridized carbons (Fsp3) is 0.400. The zero-order valence-corrected chi connectivity index (χ0v) is 12.0. The second-order valence-electron chi connectivity index (χ2n) is 5.39. The van der Waals surface area contributed by atoms with Gasteiger partial charge in [-0.05, 0) is 30.0 Å². The van der Waals surface area contributed by atoms with Crippen molar-refractivity contribution in [1.29, 1.82) is 0 Å². The predicted octanol–water partition coefficient (Wildman–Crippen LogP) is 3.85. The summed E-state index contributed by atoms with van der Waals surface area (Å²) in [6.45, 7) is 7.36. The topological polar surface area (TPSA) is 68.1 Å². The average Bonchev–Trinajstić information content (AvgIpc) is 2.43. The van der Waals surface area contributed by atoms with Crippen molar-refractivity contribution in [3.8, 4) is 0 Å². The maximum Gasteiger partial charge on any atom is 0.278 e. The number of hydrogen-bond donors (Lipinski definition) is 1. The fourth-order valence-corrected chi connectivity index (χ4v) is 1.97. The van der Waals surface area contributed by atoms with Crippen molar-refractivity contribution in [1.82, 2.24) is 4.98 Å². The van der Waals surface area contributed by atoms with Crippen LogP contribution in [0.15, 0.2) is 30.5 Å². The molecule has 1 atom stereocenters. The first-order chi connectivity index (χ1) is 9.50. The first-order valence-corrected chi connectivity index (χ1v) is 6.76. The van der Waals surface area contributed by atoms with Gasteiger partial charge in [0, 0.05) is 18.8 Å². The second kappa shape index (κ2) is 5.86. The predicted molar refractivity (Wildman–Crippen MR) is 80.9 cm³/mol. The highest BCUT2D eigenvalue weighted by Crippen LogP contribution is 2.29. The van der Waals surface area contributed by atoms with Gasteiger partial charge in [-0.2, -0.15) is 0 Å². The number of anilines is 1. The number of non-ortho nitro benzene ring substituents is 1. The molecule has 1 aromatic carbocycles. The molecule has 0 saturated heterocycles. The number of pyridine rings is 1. The lowest BCUT2D eigenvalue weighted by Gasteiger charge is -2.17. The number of nitro benzene ring substituents is 1. The maximum absolute atomic E-state index is 11.0. The van der Waals surface area contributed by atoms with Crippen molar-refractivity contribution in [2.75, 3.05) is 11.9 Å². The molecule has 1 heterocycles. The molecule has 106 valence electrons. The van der Waals surface area contributed by atoms with Crippen LogP contribution in [0.2, 0.25) is 0 Å². The van der Waals surface area contributed by atoms with E-state index in [9.17, 15) is 10.1 Å². The van der Waals surface area contributed by atoms with Crippen molar-refractivity contribution < 1.29 is 4.92 Å². The Kier molecular flexibility index (Phi) is 4.17. The normalized spacial score (nSPS) is 12.6. The fourth-order valence-electron chi connectivity index (χ4n) is 1.97. The first-order valence-electron chi connectivity index (χ1n) is 6.76. The van der Waals surface area contributed by atoms with Gasteiger partial charge in [-0.15, -0.1) is 0 Å². The molecule has 1 aromatic heterocycles. The maximum atomic E-state index is 11.0. The van der Waals surface area contributed by atoms with Crippen LogP contribution in [0.3, 0.4) is 0 Å². The summed E-state index contributed by atoms with van der Waals surface area (Å²) in [7, 11) is 0. The Morgan fingerprint density at radius 3 is 2.70 bits per heavy atom. The van der Waals surface area contributed by atoms with Crippen LogP contribution < -0.4 is 5.32 Å². The molecule has 20 heavy (non-hydrogen) atoms. The van der Waals surface area contributed by atoms with Gasteiger partial charge < -0.3 is 5.32 Å². The minimum absolute atomic E-state index is 0.0931. The lowest BCUT2D eigenvalue weighted by molar-refractivity contribution is -0.383. The van der Waals surface area contributed by atoms with Crippen molar-refractivity contribution in [3.05, 3.63) is 40.6 Å². The van der Waals surface area contributed by atoms with Gasteiger partial charge in [-0.3, -0.25) is 15.1 Å². The minimum Gasteiger partial charge on any atom is -0.383 e. The summed E-state index contributed by atoms with van der Waals surface area (Å²) >= 11 is 0. The standard InChI is InChI=1S/C15H19N3O2/c1-10(2)11(3)9-17-13-6-7-14(18(19)20)12-5-4-8-16-15(12)13/h4-8,10-11,17H,9H2,1-3H3. The van der Waals surface area contributed by atoms with E-state index in [-0.39, 0.29) is 10.6 Å². The highest BCUT2D eigenvalue weighted by Gasteiger charge is 2.15. The Hall–Kier alpha value is -2.17. The van der Waals surface area contributed by atoms with E-state index >= 15 is 0 Å². The van der Waals surface area contributed by atoms with E-state index in [2.05, 4.69) is 31.1 Å². The Morgan fingerprint density at radius 1 is 1.30 bits per heavy atom. The van der Waals surface area contributed by atoms with E-state index in [0.29, 0.717) is 22.7 Å². The number of aromatic nitrogens is 1. The zero-order chi connectivity index (χ0) is 14.7. The Bertz CT molecular complexity index is 626. The number of rotatable bonds is 5. The summed E-state index contributed by atoms with van der Waals surface area (Å²) in [4.78, 5) is 14.9. The molecule has 0 saturated carbocycles. The molecule has 1 N–H and O–H groups in total. The molecule has 0 fully saturated rings. The van der Waals surface area contributed by atoms with E-state index in [1.54, 1.807) is 24.4 Å². The molecule has 2 aromatic rings. The number of hydrogen-bond acceptors (Lipinski definition) is 4. The monoisotopic (exact) mass is 273 g/mol. The van der Waals surface area contributed by atoms with Crippen molar-refractivity contribution in [3.63, 3.8) is 0 Å². The van der Waals surface area contributed by atoms with Gasteiger partial charge >= 0.3 is 0 Å². The largest absolute Gasteiger partial charge is 0.383 e. The molecule has 0 aliphatic carbocycles. The lowest BCUT2D eigenvalue weighted by atomic mass is 9.98. The molecule has 0 spiro atoms. The van der Waals surface area contributed by atoms with Crippen molar-refractivity contribution in [2.24, 2.45) is 11.8 Å². The average molecular weight is 273 g/mol. The molecule has 5 nitrogen and oxygen atoms in total. The van der Waals surface area contributed by atoms with Crippen LogP contribution >= 0.6 is 0 Å². The van der Waals surface area contributed by atoms with E-state index < -0.39 is 0 Å². The van der Waals surface area contributed by atoms with Gasteiger partial charge in [0.25, 0.3) is 5.69 Å². The summed E-state index contributed by atoms with van der Waals surface area (Å²) in [6.07, 6.45) is 1.66. The molecule has 0 bridgehead atoms. The van der Waals surface area contributed by atoms with Crippen LogP contribution in [0.5, 0.6) is 0 Å². The van der Waals surface area contributed by atoms with Gasteiger partial charge in [0.05, 0.1) is 16.0 Å². The van der Waals surface area contributed by atoms with Gasteiger partial charge in [0.15, 0.2) is 0 Å². The quantitative estimate of drug-likeness (QED) is 0.663. The zero-order valence-electron chi connectivity index (χ0n) is 12.0. The summed E-state index contributed by atoms with van der Waals surface area (Å²) in [5.41, 5.74) is 1.59. The second-order valence-corrected chi connectivity index (χ2v) is 5.39. The first kappa shape index (κ1) is 14.2. The molecule has 0 radical (unpaired) electrons. The van der Waals surface area contributed by atoms with E-state index in [0.717, 1.165) is 12.2 Å². The number of nitrogens with one attached hydrogen (secondary N) is 1. The Balaban J connectivity index is 2.36. The van der Waals surface area contributed by atoms with E-state index in [4.69, 9.17) is 0 Å². The molecule has 1 unspecified atom stereocenters. The minimum atomic E-state index is -0.371. The highest BCUT2D eigenvalue weighted by atomic mass is 16.6. The molecular weight excluding hydrogens is 254 g/mol. The third-order valence-electron chi connectivity index (χ3n) is 3.70. The van der Waals surface area contributed by atoms with Crippen LogP contribution in [-0.4, -0.2) is 16.5 Å². The SMILES string of the molecule is CC(C)C(C)CNc1ccc([N+](=O)[O-])c2cccnc12. The number of nitro groups is 1. The van der Waals surface area contributed by atoms with Crippen LogP contribution in [0, 0.1) is 22.0 Å². The molecule has 0 amide bonds. The Labute approximate surface area is 118 Å². The Morgan fingerprint density at radius 2 is 2.05 bits per heavy atom. The van der Waals surface area contributed by atoms with Crippen LogP contribution in [0.25, 0.3) is 10.9 Å². The molecular formula is C15H19N3O2. The van der Waals surface area contributed by atoms with Crippen LogP contribution in [-0.2, 0) is 0 Å². The summed E-state index contributed by atoms with van der Waals surface area (Å²) in [5, 5.41) is 15.0. The van der Waals surface area contributed by atoms with Gasteiger partial charge in [-0.1, -0.05) is 20.8 Å². The summed E-state index contributed by atoms with van der Waals surface area (Å²) < 4.78 is 0. The van der Waals surface area contributed by atoms with Gasteiger partial charge in [0.1, 0.15) is 5.52 Å². The number of nitrogens with zero attached hydrogens (tertiary/aromatic N) is 2. The lowest BCUT2D eigenvalue weighted by Crippen LogP contribution is -2.16. The van der Waals surface area contributed by atoms with Crippen LogP contribution in [0.1, 0.15) is 20.8 Å². The smallest absolute Gasteiger partial charge is 0.278 e. The number of benzene rings is 1. The third kappa shape index (κ3) is 2.87. The van der Waals surface area contributed by atoms with Gasteiger partial charge in [-0.25, -0.2) is 0 Å². The highest BCUT2D eigenvalue weighted by molar-refractivity contribution is 5.96. The molecule has 2 rings (SSSR count). The van der Waals surface area contributed by atoms with E-state index in [1.807, 2.05) is 0 Å². The summed E-state index contributed by atoms with van der Waals surface area (Å²) in [6, 6.07) is 6.72. The van der Waals surface area contributed by atoms with Crippen molar-refractivity contribution >= 4 is 22.3 Å². The third-order valence-corrected chi connectivity index (χ3v) is 3.70. The van der Waals surface area contributed by atoms with Gasteiger partial charge in [0.2, 0.25) is 0 Å². The molecule has 5 heteroatoms. The molecule has 0 aliphatic heterocycles. The van der Waals surface area contributed by atoms with E-state index in [1.165, 1.54) is 6.07 Å². The summed E-state index contributed by atoms with van der Waals surface area (Å²) in [5.74, 6) is 1.10. The number of fused-ring (bicyclic) bond motifs is 1. The van der Waals surface area contributed by atoms with Crippen molar-refractivity contribution in [2.45, 2.75) is 20.8 Å². The van der Waals surface area contributed by atoms with Crippen LogP contribution in [0.4, 0.5) is 11.4 Å². The molecule has 0 aliphatic rings.